The molecule has 0 spiro atoms. The second kappa shape index (κ2) is 4.97. The van der Waals surface area contributed by atoms with Gasteiger partial charge in [0.25, 0.3) is 0 Å². The van der Waals surface area contributed by atoms with Crippen LogP contribution in [0.5, 0.6) is 0 Å². The summed E-state index contributed by atoms with van der Waals surface area (Å²) in [4.78, 5) is 23.1. The van der Waals surface area contributed by atoms with Gasteiger partial charge in [0.05, 0.1) is 6.67 Å². The van der Waals surface area contributed by atoms with E-state index in [2.05, 4.69) is 0 Å². The van der Waals surface area contributed by atoms with Crippen LogP contribution in [0.15, 0.2) is 30.3 Å². The molecule has 1 rings (SSSR count). The topological polar surface area (TPSA) is 101 Å². The van der Waals surface area contributed by atoms with Crippen molar-refractivity contribution in [3.63, 3.8) is 0 Å². The molecule has 0 aliphatic rings. The molecule has 0 aliphatic carbocycles. The third kappa shape index (κ3) is 2.96. The van der Waals surface area contributed by atoms with Gasteiger partial charge in [-0.3, -0.25) is 10.2 Å². The van der Waals surface area contributed by atoms with Gasteiger partial charge < -0.3 is 11.5 Å². The van der Waals surface area contributed by atoms with E-state index in [0.717, 1.165) is 0 Å². The van der Waals surface area contributed by atoms with Crippen molar-refractivity contribution in [1.29, 1.82) is 0 Å². The number of nitrogens with one attached hydrogen (secondary N) is 1. The molecule has 0 saturated heterocycles. The van der Waals surface area contributed by atoms with Crippen molar-refractivity contribution in [3.8, 4) is 0 Å². The number of carbonyl (C=O) groups excluding carboxylic acids is 2. The molecule has 0 aliphatic heterocycles. The Morgan fingerprint density at radius 2 is 1.87 bits per heavy atom. The number of nitrogens with two attached hydrogens (primary N) is 2. The number of imide groups is 1. The predicted octanol–water partition coefficient (Wildman–Crippen LogP) is 0.197. The van der Waals surface area contributed by atoms with Crippen molar-refractivity contribution in [3.05, 3.63) is 30.3 Å². The van der Waals surface area contributed by atoms with Crippen molar-refractivity contribution in [2.75, 3.05) is 11.6 Å². The molecule has 80 valence electrons. The van der Waals surface area contributed by atoms with Gasteiger partial charge in [-0.15, -0.1) is 0 Å². The molecule has 0 unspecified atom stereocenters. The zero-order valence-corrected chi connectivity index (χ0v) is 8.01. The molecule has 0 heterocycles. The molecule has 0 atom stereocenters. The molecule has 0 aromatic heterocycles. The second-order valence-corrected chi connectivity index (χ2v) is 2.74. The Hall–Kier alpha value is -2.08. The zero-order valence-electron chi connectivity index (χ0n) is 8.01. The maximum atomic E-state index is 11.4. The summed E-state index contributed by atoms with van der Waals surface area (Å²) >= 11 is 0. The molecule has 0 fully saturated rings. The van der Waals surface area contributed by atoms with Crippen LogP contribution in [0.4, 0.5) is 15.3 Å². The second-order valence-electron chi connectivity index (χ2n) is 2.74. The van der Waals surface area contributed by atoms with Crippen LogP contribution >= 0.6 is 0 Å². The van der Waals surface area contributed by atoms with E-state index in [-0.39, 0.29) is 6.67 Å². The molecule has 0 radical (unpaired) electrons. The quantitative estimate of drug-likeness (QED) is 0.605. The normalized spacial score (nSPS) is 9.40. The molecule has 1 aromatic carbocycles. The number of benzene rings is 1. The highest BCUT2D eigenvalue weighted by molar-refractivity contribution is 6.01. The first-order valence-electron chi connectivity index (χ1n) is 4.28. The summed E-state index contributed by atoms with van der Waals surface area (Å²) in [5, 5.41) is 1.94. The van der Waals surface area contributed by atoms with Gasteiger partial charge in [0.1, 0.15) is 0 Å². The maximum absolute atomic E-state index is 11.4. The summed E-state index contributed by atoms with van der Waals surface area (Å²) in [5.41, 5.74) is 10.8. The Morgan fingerprint density at radius 3 is 2.33 bits per heavy atom. The van der Waals surface area contributed by atoms with E-state index in [0.29, 0.717) is 5.69 Å². The lowest BCUT2D eigenvalue weighted by atomic mass is 10.3. The number of nitrogens with zero attached hydrogens (tertiary/aromatic N) is 1. The van der Waals surface area contributed by atoms with Gasteiger partial charge in [-0.1, -0.05) is 18.2 Å². The third-order valence-corrected chi connectivity index (χ3v) is 1.73. The van der Waals surface area contributed by atoms with Crippen molar-refractivity contribution in [2.45, 2.75) is 0 Å². The first kappa shape index (κ1) is 11.0. The van der Waals surface area contributed by atoms with Crippen LogP contribution in [0, 0.1) is 0 Å². The highest BCUT2D eigenvalue weighted by Crippen LogP contribution is 2.11. The summed E-state index contributed by atoms with van der Waals surface area (Å²) in [7, 11) is 0. The zero-order chi connectivity index (χ0) is 11.3. The third-order valence-electron chi connectivity index (χ3n) is 1.73. The molecular formula is C9H12N4O2. The van der Waals surface area contributed by atoms with Crippen molar-refractivity contribution in [1.82, 2.24) is 5.32 Å². The van der Waals surface area contributed by atoms with Gasteiger partial charge >= 0.3 is 12.1 Å². The minimum absolute atomic E-state index is 0.0386. The van der Waals surface area contributed by atoms with Crippen LogP contribution in [-0.2, 0) is 0 Å². The summed E-state index contributed by atoms with van der Waals surface area (Å²) in [6.07, 6.45) is 0. The smallest absolute Gasteiger partial charge is 0.331 e. The van der Waals surface area contributed by atoms with Crippen LogP contribution in [0.25, 0.3) is 0 Å². The summed E-state index contributed by atoms with van der Waals surface area (Å²) in [5.74, 6) is 0. The fourth-order valence-electron chi connectivity index (χ4n) is 1.09. The molecule has 4 amide bonds. The first-order valence-corrected chi connectivity index (χ1v) is 4.28. The number of primary amides is 1. The van der Waals surface area contributed by atoms with Gasteiger partial charge in [0, 0.05) is 5.69 Å². The van der Waals surface area contributed by atoms with Crippen molar-refractivity contribution < 1.29 is 9.59 Å². The summed E-state index contributed by atoms with van der Waals surface area (Å²) < 4.78 is 0. The molecule has 0 saturated carbocycles. The Morgan fingerprint density at radius 1 is 1.27 bits per heavy atom. The van der Waals surface area contributed by atoms with Gasteiger partial charge in [0.2, 0.25) is 0 Å². The summed E-state index contributed by atoms with van der Waals surface area (Å²) in [6.45, 7) is -0.0386. The van der Waals surface area contributed by atoms with Crippen LogP contribution in [0.1, 0.15) is 0 Å². The lowest BCUT2D eigenvalue weighted by Crippen LogP contribution is -2.47. The number of amides is 4. The number of para-hydroxylation sites is 1. The minimum atomic E-state index is -0.908. The van der Waals surface area contributed by atoms with E-state index in [1.807, 2.05) is 11.4 Å². The number of urea groups is 2. The van der Waals surface area contributed by atoms with E-state index in [9.17, 15) is 9.59 Å². The monoisotopic (exact) mass is 208 g/mol. The van der Waals surface area contributed by atoms with E-state index in [1.165, 1.54) is 4.90 Å². The fourth-order valence-corrected chi connectivity index (χ4v) is 1.09. The molecule has 1 aromatic rings. The van der Waals surface area contributed by atoms with Crippen LogP contribution < -0.4 is 21.7 Å². The van der Waals surface area contributed by atoms with Crippen LogP contribution in [0.3, 0.4) is 0 Å². The average Bonchev–Trinajstić information content (AvgIpc) is 2.19. The summed E-state index contributed by atoms with van der Waals surface area (Å²) in [6, 6.07) is 7.18. The van der Waals surface area contributed by atoms with Gasteiger partial charge in [-0.25, -0.2) is 9.59 Å². The van der Waals surface area contributed by atoms with E-state index in [1.54, 1.807) is 24.3 Å². The average molecular weight is 208 g/mol. The molecule has 15 heavy (non-hydrogen) atoms. The molecule has 6 heteroatoms. The maximum Gasteiger partial charge on any atom is 0.331 e. The molecule has 5 N–H and O–H groups in total. The minimum Gasteiger partial charge on any atom is -0.351 e. The molecule has 0 bridgehead atoms. The number of hydrogen-bond acceptors (Lipinski definition) is 3. The Bertz CT molecular complexity index is 352. The lowest BCUT2D eigenvalue weighted by molar-refractivity contribution is 0.235. The van der Waals surface area contributed by atoms with Gasteiger partial charge in [0.15, 0.2) is 0 Å². The number of hydrogen-bond donors (Lipinski definition) is 3. The highest BCUT2D eigenvalue weighted by Gasteiger charge is 2.14. The fraction of sp³-hybridized carbons (Fsp3) is 0.111. The number of anilines is 1. The Labute approximate surface area is 86.8 Å². The van der Waals surface area contributed by atoms with Gasteiger partial charge in [-0.2, -0.15) is 0 Å². The first-order chi connectivity index (χ1) is 7.15. The largest absolute Gasteiger partial charge is 0.351 e. The molecular weight excluding hydrogens is 196 g/mol. The van der Waals surface area contributed by atoms with Crippen molar-refractivity contribution in [2.24, 2.45) is 11.5 Å². The van der Waals surface area contributed by atoms with Crippen LogP contribution in [0.2, 0.25) is 0 Å². The van der Waals surface area contributed by atoms with E-state index < -0.39 is 12.1 Å². The Kier molecular flexibility index (Phi) is 3.64. The standard InChI is InChI=1S/C9H12N4O2/c10-6-13(9(15)12-8(11)14)7-4-2-1-3-5-7/h1-5H,6,10H2,(H3,11,12,14,15). The molecule has 6 nitrogen and oxygen atoms in total. The number of rotatable bonds is 2. The van der Waals surface area contributed by atoms with Crippen molar-refractivity contribution >= 4 is 17.7 Å². The van der Waals surface area contributed by atoms with Crippen LogP contribution in [-0.4, -0.2) is 18.7 Å². The Balaban J connectivity index is 2.80. The lowest BCUT2D eigenvalue weighted by Gasteiger charge is -2.19. The predicted molar refractivity (Wildman–Crippen MR) is 56.1 cm³/mol. The SMILES string of the molecule is NCN(C(=O)NC(N)=O)c1ccccc1. The number of carbonyl (C=O) groups is 2. The van der Waals surface area contributed by atoms with Gasteiger partial charge in [-0.05, 0) is 12.1 Å². The van der Waals surface area contributed by atoms with E-state index >= 15 is 0 Å². The highest BCUT2D eigenvalue weighted by atomic mass is 16.2. The van der Waals surface area contributed by atoms with E-state index in [4.69, 9.17) is 11.5 Å².